The number of hydrogen-bond acceptors (Lipinski definition) is 2. The molecule has 18 heavy (non-hydrogen) atoms. The average Bonchev–Trinajstić information content (AvgIpc) is 2.77. The third-order valence-electron chi connectivity index (χ3n) is 3.02. The first-order chi connectivity index (χ1) is 8.49. The molecular formula is C15H18FNS. The molecule has 0 aliphatic rings. The van der Waals surface area contributed by atoms with Crippen molar-refractivity contribution in [2.75, 3.05) is 0 Å². The van der Waals surface area contributed by atoms with Crippen LogP contribution in [0.15, 0.2) is 24.3 Å². The molecule has 0 radical (unpaired) electrons. The number of halogens is 1. The Balaban J connectivity index is 2.51. The SMILES string of the molecule is CC(C)c1cc(-c2cc(F)ccc2C(C)C)sn1. The number of nitrogens with zero attached hydrogens (tertiary/aromatic N) is 1. The van der Waals surface area contributed by atoms with Crippen molar-refractivity contribution in [2.24, 2.45) is 0 Å². The summed E-state index contributed by atoms with van der Waals surface area (Å²) in [5.41, 5.74) is 3.23. The van der Waals surface area contributed by atoms with E-state index in [1.165, 1.54) is 23.2 Å². The molecule has 0 amide bonds. The van der Waals surface area contributed by atoms with Crippen LogP contribution in [0.1, 0.15) is 50.8 Å². The van der Waals surface area contributed by atoms with E-state index in [4.69, 9.17) is 0 Å². The highest BCUT2D eigenvalue weighted by Crippen LogP contribution is 2.34. The van der Waals surface area contributed by atoms with Crippen LogP contribution in [-0.4, -0.2) is 4.37 Å². The van der Waals surface area contributed by atoms with Gasteiger partial charge in [-0.05, 0) is 52.7 Å². The number of rotatable bonds is 3. The highest BCUT2D eigenvalue weighted by molar-refractivity contribution is 7.09. The second-order valence-corrected chi connectivity index (χ2v) is 5.96. The smallest absolute Gasteiger partial charge is 0.123 e. The minimum Gasteiger partial charge on any atom is -0.207 e. The molecule has 0 aliphatic carbocycles. The summed E-state index contributed by atoms with van der Waals surface area (Å²) in [5, 5.41) is 0. The lowest BCUT2D eigenvalue weighted by Crippen LogP contribution is -1.92. The molecule has 3 heteroatoms. The first kappa shape index (κ1) is 13.2. The Kier molecular flexibility index (Phi) is 3.81. The molecule has 2 rings (SSSR count). The van der Waals surface area contributed by atoms with Crippen LogP contribution in [0.2, 0.25) is 0 Å². The van der Waals surface area contributed by atoms with Crippen LogP contribution in [0, 0.1) is 5.82 Å². The van der Waals surface area contributed by atoms with E-state index < -0.39 is 0 Å². The van der Waals surface area contributed by atoms with Gasteiger partial charge >= 0.3 is 0 Å². The van der Waals surface area contributed by atoms with Crippen molar-refractivity contribution >= 4 is 11.5 Å². The Morgan fingerprint density at radius 2 is 1.78 bits per heavy atom. The maximum atomic E-state index is 13.4. The third kappa shape index (κ3) is 2.61. The zero-order valence-electron chi connectivity index (χ0n) is 11.2. The topological polar surface area (TPSA) is 12.9 Å². The van der Waals surface area contributed by atoms with Gasteiger partial charge in [-0.1, -0.05) is 33.8 Å². The monoisotopic (exact) mass is 263 g/mol. The van der Waals surface area contributed by atoms with Gasteiger partial charge in [0, 0.05) is 0 Å². The molecule has 1 heterocycles. The number of benzene rings is 1. The summed E-state index contributed by atoms with van der Waals surface area (Å²) in [7, 11) is 0. The first-order valence-electron chi connectivity index (χ1n) is 6.25. The van der Waals surface area contributed by atoms with Gasteiger partial charge in [-0.3, -0.25) is 0 Å². The lowest BCUT2D eigenvalue weighted by molar-refractivity contribution is 0.627. The second-order valence-electron chi connectivity index (χ2n) is 5.16. The molecule has 0 atom stereocenters. The van der Waals surface area contributed by atoms with E-state index in [0.717, 1.165) is 16.1 Å². The van der Waals surface area contributed by atoms with Gasteiger partial charge in [-0.15, -0.1) is 0 Å². The molecule has 0 N–H and O–H groups in total. The van der Waals surface area contributed by atoms with Crippen molar-refractivity contribution in [1.29, 1.82) is 0 Å². The summed E-state index contributed by atoms with van der Waals surface area (Å²) in [6.45, 7) is 8.49. The van der Waals surface area contributed by atoms with Crippen LogP contribution in [0.5, 0.6) is 0 Å². The van der Waals surface area contributed by atoms with E-state index >= 15 is 0 Å². The summed E-state index contributed by atoms with van der Waals surface area (Å²) in [5.74, 6) is 0.602. The Hall–Kier alpha value is -1.22. The van der Waals surface area contributed by atoms with Crippen LogP contribution in [0.4, 0.5) is 4.39 Å². The fourth-order valence-electron chi connectivity index (χ4n) is 1.93. The zero-order chi connectivity index (χ0) is 13.3. The van der Waals surface area contributed by atoms with Crippen LogP contribution < -0.4 is 0 Å². The Labute approximate surface area is 112 Å². The van der Waals surface area contributed by atoms with Crippen LogP contribution in [0.25, 0.3) is 10.4 Å². The van der Waals surface area contributed by atoms with Crippen LogP contribution in [0.3, 0.4) is 0 Å². The van der Waals surface area contributed by atoms with Gasteiger partial charge in [-0.25, -0.2) is 4.39 Å². The molecule has 1 nitrogen and oxygen atoms in total. The van der Waals surface area contributed by atoms with Gasteiger partial charge in [0.2, 0.25) is 0 Å². The van der Waals surface area contributed by atoms with E-state index in [0.29, 0.717) is 11.8 Å². The molecular weight excluding hydrogens is 245 g/mol. The average molecular weight is 263 g/mol. The molecule has 1 aromatic carbocycles. The molecule has 2 aromatic rings. The molecule has 0 spiro atoms. The predicted octanol–water partition coefficient (Wildman–Crippen LogP) is 5.20. The van der Waals surface area contributed by atoms with Crippen molar-refractivity contribution in [2.45, 2.75) is 39.5 Å². The summed E-state index contributed by atoms with van der Waals surface area (Å²) in [4.78, 5) is 1.06. The van der Waals surface area contributed by atoms with Crippen molar-refractivity contribution in [3.63, 3.8) is 0 Å². The summed E-state index contributed by atoms with van der Waals surface area (Å²) < 4.78 is 17.9. The molecule has 0 aliphatic heterocycles. The van der Waals surface area contributed by atoms with Crippen molar-refractivity contribution in [1.82, 2.24) is 4.37 Å². The molecule has 0 unspecified atom stereocenters. The highest BCUT2D eigenvalue weighted by Gasteiger charge is 2.13. The second kappa shape index (κ2) is 5.19. The minimum atomic E-state index is -0.186. The summed E-state index contributed by atoms with van der Waals surface area (Å²) >= 11 is 1.45. The molecule has 0 bridgehead atoms. The lowest BCUT2D eigenvalue weighted by Gasteiger charge is -2.11. The van der Waals surface area contributed by atoms with Gasteiger partial charge in [0.05, 0.1) is 10.6 Å². The van der Waals surface area contributed by atoms with Crippen LogP contribution >= 0.6 is 11.5 Å². The highest BCUT2D eigenvalue weighted by atomic mass is 32.1. The fourth-order valence-corrected chi connectivity index (χ4v) is 2.85. The van der Waals surface area contributed by atoms with E-state index in [-0.39, 0.29) is 5.82 Å². The van der Waals surface area contributed by atoms with Crippen LogP contribution in [-0.2, 0) is 0 Å². The summed E-state index contributed by atoms with van der Waals surface area (Å²) in [6, 6.07) is 7.11. The van der Waals surface area contributed by atoms with Crippen molar-refractivity contribution in [3.05, 3.63) is 41.3 Å². The molecule has 0 saturated heterocycles. The van der Waals surface area contributed by atoms with E-state index in [9.17, 15) is 4.39 Å². The Morgan fingerprint density at radius 1 is 1.06 bits per heavy atom. The quantitative estimate of drug-likeness (QED) is 0.742. The van der Waals surface area contributed by atoms with Gasteiger partial charge in [0.15, 0.2) is 0 Å². The predicted molar refractivity (Wildman–Crippen MR) is 75.7 cm³/mol. The number of aromatic nitrogens is 1. The zero-order valence-corrected chi connectivity index (χ0v) is 12.0. The molecule has 1 aromatic heterocycles. The van der Waals surface area contributed by atoms with E-state index in [1.807, 2.05) is 6.07 Å². The minimum absolute atomic E-state index is 0.186. The molecule has 0 saturated carbocycles. The normalized spacial score (nSPS) is 11.5. The van der Waals surface area contributed by atoms with E-state index in [2.05, 4.69) is 38.1 Å². The summed E-state index contributed by atoms with van der Waals surface area (Å²) in [6.07, 6.45) is 0. The molecule has 96 valence electrons. The van der Waals surface area contributed by atoms with Crippen molar-refractivity contribution < 1.29 is 4.39 Å². The van der Waals surface area contributed by atoms with Gasteiger partial charge in [0.1, 0.15) is 5.82 Å². The molecule has 0 fully saturated rings. The largest absolute Gasteiger partial charge is 0.207 e. The van der Waals surface area contributed by atoms with Gasteiger partial charge in [0.25, 0.3) is 0 Å². The third-order valence-corrected chi connectivity index (χ3v) is 3.86. The maximum absolute atomic E-state index is 13.4. The standard InChI is InChI=1S/C15H18FNS/c1-9(2)12-6-5-11(16)7-13(12)15-8-14(10(3)4)17-18-15/h5-10H,1-4H3. The first-order valence-corrected chi connectivity index (χ1v) is 7.02. The van der Waals surface area contributed by atoms with Gasteiger partial charge < -0.3 is 0 Å². The van der Waals surface area contributed by atoms with Crippen molar-refractivity contribution in [3.8, 4) is 10.4 Å². The van der Waals surface area contributed by atoms with Gasteiger partial charge in [-0.2, -0.15) is 4.37 Å². The fraction of sp³-hybridized carbons (Fsp3) is 0.400. The lowest BCUT2D eigenvalue weighted by atomic mass is 9.96. The Bertz CT molecular complexity index is 543. The Morgan fingerprint density at radius 3 is 2.33 bits per heavy atom. The van der Waals surface area contributed by atoms with E-state index in [1.54, 1.807) is 6.07 Å². The maximum Gasteiger partial charge on any atom is 0.123 e. The number of hydrogen-bond donors (Lipinski definition) is 0.